The van der Waals surface area contributed by atoms with Gasteiger partial charge < -0.3 is 16.8 Å². The maximum absolute atomic E-state index is 10.6. The summed E-state index contributed by atoms with van der Waals surface area (Å²) in [7, 11) is 1.83. The van der Waals surface area contributed by atoms with Gasteiger partial charge in [-0.3, -0.25) is 9.25 Å². The third-order valence-electron chi connectivity index (χ3n) is 2.55. The molecular formula is C9H15N7O. The van der Waals surface area contributed by atoms with Crippen molar-refractivity contribution in [1.29, 1.82) is 0 Å². The molecule has 2 aromatic rings. The van der Waals surface area contributed by atoms with Crippen molar-refractivity contribution in [3.8, 4) is 0 Å². The van der Waals surface area contributed by atoms with Crippen LogP contribution in [0.5, 0.6) is 0 Å². The summed E-state index contributed by atoms with van der Waals surface area (Å²) in [5, 5.41) is 6.77. The maximum atomic E-state index is 10.6. The van der Waals surface area contributed by atoms with E-state index >= 15 is 0 Å². The number of carbonyl (C=O) groups is 1. The summed E-state index contributed by atoms with van der Waals surface area (Å²) >= 11 is 0. The quantitative estimate of drug-likeness (QED) is 0.656. The van der Waals surface area contributed by atoms with E-state index in [1.807, 2.05) is 14.0 Å². The largest absolute Gasteiger partial charge is 0.369 e. The molecule has 2 amide bonds. The number of urea groups is 1. The van der Waals surface area contributed by atoms with Crippen molar-refractivity contribution in [2.75, 3.05) is 12.3 Å². The van der Waals surface area contributed by atoms with Gasteiger partial charge in [0, 0.05) is 20.1 Å². The van der Waals surface area contributed by atoms with Gasteiger partial charge in [-0.05, 0) is 6.92 Å². The number of nitrogens with two attached hydrogens (primary N) is 2. The normalized spacial score (nSPS) is 10.9. The standard InChI is InChI=1S/C9H15N7O/c1-5-6-7(15(2)14-5)16(8(10)13-6)4-3-12-9(11)17/h3-4H2,1-2H3,(H2,10,13)(H3,11,12,17). The number of imidazole rings is 1. The van der Waals surface area contributed by atoms with Gasteiger partial charge in [0.25, 0.3) is 0 Å². The number of rotatable bonds is 3. The number of hydrogen-bond acceptors (Lipinski definition) is 4. The van der Waals surface area contributed by atoms with E-state index < -0.39 is 6.03 Å². The highest BCUT2D eigenvalue weighted by atomic mass is 16.2. The Hall–Kier alpha value is -2.25. The fourth-order valence-electron chi connectivity index (χ4n) is 1.86. The van der Waals surface area contributed by atoms with E-state index in [-0.39, 0.29) is 0 Å². The van der Waals surface area contributed by atoms with Crippen LogP contribution in [0.15, 0.2) is 0 Å². The summed E-state index contributed by atoms with van der Waals surface area (Å²) < 4.78 is 3.52. The van der Waals surface area contributed by atoms with Crippen LogP contribution in [0.2, 0.25) is 0 Å². The lowest BCUT2D eigenvalue weighted by molar-refractivity contribution is 0.248. The Morgan fingerprint density at radius 3 is 2.88 bits per heavy atom. The van der Waals surface area contributed by atoms with Gasteiger partial charge in [0.15, 0.2) is 5.65 Å². The molecule has 5 N–H and O–H groups in total. The average Bonchev–Trinajstić information content (AvgIpc) is 2.68. The van der Waals surface area contributed by atoms with Crippen LogP contribution >= 0.6 is 0 Å². The monoisotopic (exact) mass is 237 g/mol. The molecule has 0 spiro atoms. The number of amides is 2. The molecule has 92 valence electrons. The number of fused-ring (bicyclic) bond motifs is 1. The van der Waals surface area contributed by atoms with Crippen molar-refractivity contribution in [3.05, 3.63) is 5.69 Å². The van der Waals surface area contributed by atoms with Gasteiger partial charge in [-0.25, -0.2) is 9.78 Å². The van der Waals surface area contributed by atoms with E-state index in [0.29, 0.717) is 19.0 Å². The number of primary amides is 1. The second-order valence-corrected chi connectivity index (χ2v) is 3.79. The molecule has 0 saturated carbocycles. The Morgan fingerprint density at radius 1 is 1.53 bits per heavy atom. The molecule has 0 radical (unpaired) electrons. The van der Waals surface area contributed by atoms with E-state index in [1.165, 1.54) is 0 Å². The zero-order valence-electron chi connectivity index (χ0n) is 9.77. The smallest absolute Gasteiger partial charge is 0.312 e. The summed E-state index contributed by atoms with van der Waals surface area (Å²) in [5.74, 6) is 0.405. The molecule has 0 fully saturated rings. The molecule has 0 aromatic carbocycles. The van der Waals surface area contributed by atoms with E-state index in [4.69, 9.17) is 11.5 Å². The van der Waals surface area contributed by atoms with Crippen molar-refractivity contribution in [3.63, 3.8) is 0 Å². The maximum Gasteiger partial charge on any atom is 0.312 e. The molecule has 0 aliphatic rings. The number of nitrogen functional groups attached to an aromatic ring is 1. The van der Waals surface area contributed by atoms with E-state index in [2.05, 4.69) is 15.4 Å². The van der Waals surface area contributed by atoms with Gasteiger partial charge in [0.1, 0.15) is 5.52 Å². The van der Waals surface area contributed by atoms with Crippen LogP contribution in [0.4, 0.5) is 10.7 Å². The number of hydrogen-bond donors (Lipinski definition) is 3. The van der Waals surface area contributed by atoms with Crippen LogP contribution in [0, 0.1) is 6.92 Å². The highest BCUT2D eigenvalue weighted by Crippen LogP contribution is 2.19. The van der Waals surface area contributed by atoms with E-state index in [1.54, 1.807) is 9.25 Å². The summed E-state index contributed by atoms with van der Waals surface area (Å²) in [5.41, 5.74) is 13.3. The fourth-order valence-corrected chi connectivity index (χ4v) is 1.86. The molecule has 17 heavy (non-hydrogen) atoms. The average molecular weight is 237 g/mol. The summed E-state index contributed by atoms with van der Waals surface area (Å²) in [6.45, 7) is 2.78. The molecule has 0 aliphatic heterocycles. The first-order valence-electron chi connectivity index (χ1n) is 5.19. The van der Waals surface area contributed by atoms with Gasteiger partial charge in [-0.2, -0.15) is 5.10 Å². The first-order chi connectivity index (χ1) is 8.00. The van der Waals surface area contributed by atoms with Crippen molar-refractivity contribution in [2.45, 2.75) is 13.5 Å². The van der Waals surface area contributed by atoms with Crippen molar-refractivity contribution in [1.82, 2.24) is 24.6 Å². The Bertz CT molecular complexity index is 567. The van der Waals surface area contributed by atoms with Crippen LogP contribution in [-0.2, 0) is 13.6 Å². The van der Waals surface area contributed by atoms with Crippen molar-refractivity contribution in [2.24, 2.45) is 12.8 Å². The van der Waals surface area contributed by atoms with Crippen LogP contribution < -0.4 is 16.8 Å². The van der Waals surface area contributed by atoms with E-state index in [0.717, 1.165) is 16.9 Å². The number of anilines is 1. The third-order valence-corrected chi connectivity index (χ3v) is 2.55. The lowest BCUT2D eigenvalue weighted by Gasteiger charge is -2.06. The van der Waals surface area contributed by atoms with Crippen molar-refractivity contribution >= 4 is 23.1 Å². The minimum Gasteiger partial charge on any atom is -0.369 e. The SMILES string of the molecule is Cc1nn(C)c2c1nc(N)n2CCNC(N)=O. The molecule has 0 unspecified atom stereocenters. The molecule has 0 saturated heterocycles. The molecule has 0 aliphatic carbocycles. The van der Waals surface area contributed by atoms with Gasteiger partial charge in [-0.15, -0.1) is 0 Å². The first kappa shape index (κ1) is 11.2. The van der Waals surface area contributed by atoms with Crippen LogP contribution in [-0.4, -0.2) is 31.9 Å². The number of carbonyl (C=O) groups excluding carboxylic acids is 1. The van der Waals surface area contributed by atoms with Crippen molar-refractivity contribution < 1.29 is 4.79 Å². The zero-order valence-corrected chi connectivity index (χ0v) is 9.77. The Kier molecular flexibility index (Phi) is 2.62. The second-order valence-electron chi connectivity index (χ2n) is 3.79. The van der Waals surface area contributed by atoms with Crippen LogP contribution in [0.25, 0.3) is 11.2 Å². The third kappa shape index (κ3) is 1.88. The molecule has 2 aromatic heterocycles. The highest BCUT2D eigenvalue weighted by Gasteiger charge is 2.15. The van der Waals surface area contributed by atoms with Crippen LogP contribution in [0.3, 0.4) is 0 Å². The molecule has 0 atom stereocenters. The van der Waals surface area contributed by atoms with Gasteiger partial charge >= 0.3 is 6.03 Å². The first-order valence-corrected chi connectivity index (χ1v) is 5.19. The zero-order chi connectivity index (χ0) is 12.6. The highest BCUT2D eigenvalue weighted by molar-refractivity contribution is 5.77. The minimum absolute atomic E-state index is 0.398. The summed E-state index contributed by atoms with van der Waals surface area (Å²) in [4.78, 5) is 14.8. The van der Waals surface area contributed by atoms with Crippen LogP contribution in [0.1, 0.15) is 5.69 Å². The molecular weight excluding hydrogens is 222 g/mol. The molecule has 0 bridgehead atoms. The minimum atomic E-state index is -0.555. The lowest BCUT2D eigenvalue weighted by Crippen LogP contribution is -2.32. The van der Waals surface area contributed by atoms with Gasteiger partial charge in [0.05, 0.1) is 5.69 Å². The molecule has 8 heteroatoms. The molecule has 2 heterocycles. The fraction of sp³-hybridized carbons (Fsp3) is 0.444. The molecule has 8 nitrogen and oxygen atoms in total. The number of nitrogens with zero attached hydrogens (tertiary/aromatic N) is 4. The number of aryl methyl sites for hydroxylation is 2. The summed E-state index contributed by atoms with van der Waals surface area (Å²) in [6.07, 6.45) is 0. The number of nitrogens with one attached hydrogen (secondary N) is 1. The second kappa shape index (κ2) is 3.96. The Balaban J connectivity index is 2.32. The lowest BCUT2D eigenvalue weighted by atomic mass is 10.4. The Morgan fingerprint density at radius 2 is 2.24 bits per heavy atom. The predicted octanol–water partition coefficient (Wildman–Crippen LogP) is -0.671. The number of aromatic nitrogens is 4. The van der Waals surface area contributed by atoms with Gasteiger partial charge in [-0.1, -0.05) is 0 Å². The summed E-state index contributed by atoms with van der Waals surface area (Å²) in [6, 6.07) is -0.555. The van der Waals surface area contributed by atoms with E-state index in [9.17, 15) is 4.79 Å². The topological polar surface area (TPSA) is 117 Å². The predicted molar refractivity (Wildman–Crippen MR) is 63.2 cm³/mol. The van der Waals surface area contributed by atoms with Gasteiger partial charge in [0.2, 0.25) is 5.95 Å². The molecule has 2 rings (SSSR count). The Labute approximate surface area is 97.6 Å².